The van der Waals surface area contributed by atoms with Crippen LogP contribution in [-0.2, 0) is 16.6 Å². The van der Waals surface area contributed by atoms with Gasteiger partial charge in [0.1, 0.15) is 5.69 Å². The van der Waals surface area contributed by atoms with Crippen molar-refractivity contribution in [2.75, 3.05) is 6.26 Å². The lowest BCUT2D eigenvalue weighted by Gasteiger charge is -2.13. The second-order valence-electron chi connectivity index (χ2n) is 8.41. The molecule has 0 saturated heterocycles. The van der Waals surface area contributed by atoms with Crippen LogP contribution < -0.4 is 16.0 Å². The molecule has 0 spiro atoms. The molecule has 12 heteroatoms. The molecule has 0 radical (unpaired) electrons. The number of nitrogens with zero attached hydrogens (tertiary/aromatic N) is 2. The van der Waals surface area contributed by atoms with Crippen LogP contribution in [0, 0.1) is 6.92 Å². The molecule has 2 aromatic carbocycles. The number of aromatic nitrogens is 3. The average molecular weight is 543 g/mol. The lowest BCUT2D eigenvalue weighted by Crippen LogP contribution is -2.37. The molecule has 0 atom stereocenters. The highest BCUT2D eigenvalue weighted by Crippen LogP contribution is 2.32. The van der Waals surface area contributed by atoms with Gasteiger partial charge in [-0.25, -0.2) is 22.5 Å². The highest BCUT2D eigenvalue weighted by molar-refractivity contribution is 7.89. The van der Waals surface area contributed by atoms with Gasteiger partial charge < -0.3 is 9.55 Å². The Labute approximate surface area is 213 Å². The maximum Gasteiger partial charge on any atom is 0.333 e. The molecule has 3 aromatic heterocycles. The maximum atomic E-state index is 13.5. The predicted molar refractivity (Wildman–Crippen MR) is 141 cm³/mol. The topological polar surface area (TPSA) is 123 Å². The third kappa shape index (κ3) is 4.25. The van der Waals surface area contributed by atoms with Crippen LogP contribution in [0.25, 0.3) is 27.5 Å². The van der Waals surface area contributed by atoms with Gasteiger partial charge in [0.2, 0.25) is 10.0 Å². The molecule has 0 aliphatic heterocycles. The zero-order valence-electron chi connectivity index (χ0n) is 19.0. The second kappa shape index (κ2) is 8.77. The lowest BCUT2D eigenvalue weighted by atomic mass is 10.1. The van der Waals surface area contributed by atoms with Crippen molar-refractivity contribution < 1.29 is 13.2 Å². The Morgan fingerprint density at radius 3 is 2.61 bits per heavy atom. The normalized spacial score (nSPS) is 11.9. The number of sulfonamides is 1. The molecule has 184 valence electrons. The van der Waals surface area contributed by atoms with Crippen molar-refractivity contribution in [3.8, 4) is 5.69 Å². The predicted octanol–water partition coefficient (Wildman–Crippen LogP) is 3.39. The number of halogens is 1. The molecule has 36 heavy (non-hydrogen) atoms. The van der Waals surface area contributed by atoms with Crippen LogP contribution in [0.1, 0.15) is 21.6 Å². The molecular weight excluding hydrogens is 524 g/mol. The van der Waals surface area contributed by atoms with Crippen molar-refractivity contribution in [1.29, 1.82) is 0 Å². The number of H-pyrrole nitrogens is 1. The van der Waals surface area contributed by atoms with Gasteiger partial charge in [0.25, 0.3) is 11.5 Å². The van der Waals surface area contributed by atoms with E-state index in [4.69, 9.17) is 11.6 Å². The summed E-state index contributed by atoms with van der Waals surface area (Å²) in [6, 6.07) is 12.4. The molecule has 0 aliphatic rings. The van der Waals surface area contributed by atoms with Crippen molar-refractivity contribution in [3.05, 3.63) is 95.9 Å². The smallest absolute Gasteiger partial charge is 0.330 e. The van der Waals surface area contributed by atoms with E-state index < -0.39 is 27.2 Å². The van der Waals surface area contributed by atoms with Gasteiger partial charge in [0, 0.05) is 27.7 Å². The number of amides is 1. The van der Waals surface area contributed by atoms with E-state index >= 15 is 0 Å². The molecule has 0 bridgehead atoms. The zero-order chi connectivity index (χ0) is 25.8. The van der Waals surface area contributed by atoms with Gasteiger partial charge in [-0.15, -0.1) is 11.3 Å². The Bertz CT molecular complexity index is 1910. The summed E-state index contributed by atoms with van der Waals surface area (Å²) in [6.07, 6.45) is 0.853. The first-order valence-corrected chi connectivity index (χ1v) is 13.9. The highest BCUT2D eigenvalue weighted by atomic mass is 35.5. The third-order valence-electron chi connectivity index (χ3n) is 5.68. The fourth-order valence-electron chi connectivity index (χ4n) is 4.29. The minimum absolute atomic E-state index is 0.0550. The molecule has 0 saturated carbocycles. The fraction of sp³-hybridized carbons (Fsp3) is 0.125. The Morgan fingerprint density at radius 2 is 1.89 bits per heavy atom. The summed E-state index contributed by atoms with van der Waals surface area (Å²) in [6.45, 7) is 2.09. The summed E-state index contributed by atoms with van der Waals surface area (Å²) in [5.74, 6) is -0.982. The number of aryl methyl sites for hydroxylation is 1. The number of fused-ring (bicyclic) bond motifs is 2. The molecule has 0 unspecified atom stereocenters. The fourth-order valence-corrected chi connectivity index (χ4v) is 5.65. The summed E-state index contributed by atoms with van der Waals surface area (Å²) in [7, 11) is -3.97. The molecule has 5 aromatic rings. The van der Waals surface area contributed by atoms with Crippen LogP contribution in [0.15, 0.2) is 62.8 Å². The van der Waals surface area contributed by atoms with E-state index in [0.717, 1.165) is 21.9 Å². The Morgan fingerprint density at radius 1 is 1.11 bits per heavy atom. The van der Waals surface area contributed by atoms with Crippen molar-refractivity contribution in [2.45, 2.75) is 13.5 Å². The third-order valence-corrected chi connectivity index (χ3v) is 7.21. The number of carbonyl (C=O) groups is 1. The van der Waals surface area contributed by atoms with Crippen LogP contribution in [0.3, 0.4) is 0 Å². The minimum Gasteiger partial charge on any atom is -0.330 e. The molecule has 0 fully saturated rings. The summed E-state index contributed by atoms with van der Waals surface area (Å²) in [4.78, 5) is 42.8. The first-order chi connectivity index (χ1) is 17.0. The monoisotopic (exact) mass is 542 g/mol. The summed E-state index contributed by atoms with van der Waals surface area (Å²) < 4.78 is 28.5. The van der Waals surface area contributed by atoms with Crippen LogP contribution >= 0.6 is 22.9 Å². The molecule has 9 nitrogen and oxygen atoms in total. The Hall–Kier alpha value is -3.67. The van der Waals surface area contributed by atoms with Gasteiger partial charge in [-0.2, -0.15) is 0 Å². The summed E-state index contributed by atoms with van der Waals surface area (Å²) >= 11 is 7.53. The first kappa shape index (κ1) is 24.0. The quantitative estimate of drug-likeness (QED) is 0.352. The standard InChI is InChI=1S/C24H19ClN4O5S2/c1-13-4-3-5-14(8-13)10-28-19-7-6-15(25)9-16(19)20(21(28)22(30)27-36(2,33)34)29-23(31)17-11-35-12-18(17)26-24(29)32/h3-9,11-12H,10H2,1-2H3,(H,26,32)(H,27,30). The number of aromatic amines is 1. The van der Waals surface area contributed by atoms with Crippen molar-refractivity contribution in [1.82, 2.24) is 18.8 Å². The molecule has 2 N–H and O–H groups in total. The highest BCUT2D eigenvalue weighted by Gasteiger charge is 2.28. The lowest BCUT2D eigenvalue weighted by molar-refractivity contribution is 0.0973. The van der Waals surface area contributed by atoms with E-state index in [-0.39, 0.29) is 23.3 Å². The van der Waals surface area contributed by atoms with E-state index in [9.17, 15) is 22.8 Å². The Kier molecular flexibility index (Phi) is 5.86. The number of thiophene rings is 1. The van der Waals surface area contributed by atoms with Crippen LogP contribution in [0.4, 0.5) is 0 Å². The number of carbonyl (C=O) groups excluding carboxylic acids is 1. The number of hydrogen-bond acceptors (Lipinski definition) is 6. The molecule has 0 aliphatic carbocycles. The van der Waals surface area contributed by atoms with E-state index in [1.165, 1.54) is 11.3 Å². The van der Waals surface area contributed by atoms with Gasteiger partial charge in [0.15, 0.2) is 0 Å². The second-order valence-corrected chi connectivity index (χ2v) is 11.3. The van der Waals surface area contributed by atoms with Crippen LogP contribution in [-0.4, -0.2) is 34.7 Å². The van der Waals surface area contributed by atoms with Crippen molar-refractivity contribution in [3.63, 3.8) is 0 Å². The van der Waals surface area contributed by atoms with Crippen molar-refractivity contribution in [2.24, 2.45) is 0 Å². The maximum absolute atomic E-state index is 13.5. The summed E-state index contributed by atoms with van der Waals surface area (Å²) in [5.41, 5.74) is 1.05. The molecular formula is C24H19ClN4O5S2. The number of rotatable bonds is 5. The van der Waals surface area contributed by atoms with E-state index in [1.54, 1.807) is 33.5 Å². The molecule has 5 rings (SSSR count). The van der Waals surface area contributed by atoms with Gasteiger partial charge in [0.05, 0.1) is 28.4 Å². The van der Waals surface area contributed by atoms with Crippen molar-refractivity contribution >= 4 is 60.7 Å². The molecule has 1 amide bonds. The van der Waals surface area contributed by atoms with Gasteiger partial charge in [-0.1, -0.05) is 41.4 Å². The van der Waals surface area contributed by atoms with E-state index in [2.05, 4.69) is 4.98 Å². The number of nitrogens with one attached hydrogen (secondary N) is 2. The van der Waals surface area contributed by atoms with E-state index in [1.807, 2.05) is 35.9 Å². The number of hydrogen-bond donors (Lipinski definition) is 2. The van der Waals surface area contributed by atoms with Crippen LogP contribution in [0.5, 0.6) is 0 Å². The summed E-state index contributed by atoms with van der Waals surface area (Å²) in [5, 5.41) is 4.15. The number of benzene rings is 2. The van der Waals surface area contributed by atoms with E-state index in [0.29, 0.717) is 21.4 Å². The van der Waals surface area contributed by atoms with Gasteiger partial charge >= 0.3 is 5.69 Å². The Balaban J connectivity index is 1.92. The SMILES string of the molecule is Cc1cccc(Cn2c(C(=O)NS(C)(=O)=O)c(-n3c(=O)[nH]c4cscc4c3=O)c3cc(Cl)ccc32)c1. The first-order valence-electron chi connectivity index (χ1n) is 10.6. The van der Waals surface area contributed by atoms with Gasteiger partial charge in [-0.3, -0.25) is 9.59 Å². The van der Waals surface area contributed by atoms with Crippen LogP contribution in [0.2, 0.25) is 5.02 Å². The largest absolute Gasteiger partial charge is 0.333 e. The average Bonchev–Trinajstić information content (AvgIpc) is 3.36. The zero-order valence-corrected chi connectivity index (χ0v) is 21.4. The van der Waals surface area contributed by atoms with Gasteiger partial charge in [-0.05, 0) is 30.7 Å². The minimum atomic E-state index is -3.97. The molecule has 3 heterocycles.